The Morgan fingerprint density at radius 1 is 0.964 bits per heavy atom. The van der Waals surface area contributed by atoms with Gasteiger partial charge in [0, 0.05) is 12.1 Å². The number of ether oxygens (including phenoxy) is 2. The van der Waals surface area contributed by atoms with Crippen LogP contribution >= 0.6 is 0 Å². The molecule has 0 radical (unpaired) electrons. The summed E-state index contributed by atoms with van der Waals surface area (Å²) in [4.78, 5) is 25.1. The first-order valence-corrected chi connectivity index (χ1v) is 9.27. The second-order valence-corrected chi connectivity index (χ2v) is 6.82. The Morgan fingerprint density at radius 2 is 1.68 bits per heavy atom. The van der Waals surface area contributed by atoms with E-state index < -0.39 is 6.04 Å². The molecular formula is C22H28N2O4. The third kappa shape index (κ3) is 5.74. The minimum absolute atomic E-state index is 0.0491. The molecule has 2 amide bonds. The van der Waals surface area contributed by atoms with Gasteiger partial charge in [0.15, 0.2) is 11.5 Å². The smallest absolute Gasteiger partial charge is 0.243 e. The van der Waals surface area contributed by atoms with Gasteiger partial charge in [-0.3, -0.25) is 9.59 Å². The summed E-state index contributed by atoms with van der Waals surface area (Å²) in [7, 11) is 3.13. The SMILES string of the molecule is COc1cccc(CNC(=O)C(NC(=O)Cc2ccccc2)C(C)C)c1OC. The van der Waals surface area contributed by atoms with Gasteiger partial charge in [-0.25, -0.2) is 0 Å². The lowest BCUT2D eigenvalue weighted by atomic mass is 10.0. The molecule has 6 nitrogen and oxygen atoms in total. The van der Waals surface area contributed by atoms with Gasteiger partial charge in [-0.05, 0) is 17.5 Å². The van der Waals surface area contributed by atoms with Gasteiger partial charge in [0.25, 0.3) is 0 Å². The van der Waals surface area contributed by atoms with Crippen molar-refractivity contribution in [2.24, 2.45) is 5.92 Å². The van der Waals surface area contributed by atoms with Crippen LogP contribution in [0.1, 0.15) is 25.0 Å². The average Bonchev–Trinajstić information content (AvgIpc) is 2.70. The van der Waals surface area contributed by atoms with Crippen molar-refractivity contribution in [3.05, 3.63) is 59.7 Å². The minimum Gasteiger partial charge on any atom is -0.493 e. The average molecular weight is 384 g/mol. The van der Waals surface area contributed by atoms with Crippen molar-refractivity contribution in [2.75, 3.05) is 14.2 Å². The number of para-hydroxylation sites is 1. The quantitative estimate of drug-likeness (QED) is 0.697. The summed E-state index contributed by atoms with van der Waals surface area (Å²) < 4.78 is 10.7. The third-order valence-corrected chi connectivity index (χ3v) is 4.41. The van der Waals surface area contributed by atoms with Crippen LogP contribution in [0.5, 0.6) is 11.5 Å². The third-order valence-electron chi connectivity index (χ3n) is 4.41. The summed E-state index contributed by atoms with van der Waals surface area (Å²) in [6.07, 6.45) is 0.237. The van der Waals surface area contributed by atoms with Crippen LogP contribution in [-0.4, -0.2) is 32.1 Å². The molecule has 1 atom stereocenters. The zero-order valence-electron chi connectivity index (χ0n) is 16.8. The predicted molar refractivity (Wildman–Crippen MR) is 108 cm³/mol. The van der Waals surface area contributed by atoms with E-state index in [1.54, 1.807) is 20.3 Å². The first-order valence-electron chi connectivity index (χ1n) is 9.27. The van der Waals surface area contributed by atoms with Gasteiger partial charge in [0.2, 0.25) is 11.8 Å². The maximum atomic E-state index is 12.7. The first-order chi connectivity index (χ1) is 13.5. The van der Waals surface area contributed by atoms with E-state index in [4.69, 9.17) is 9.47 Å². The number of carbonyl (C=O) groups excluding carboxylic acids is 2. The Bertz CT molecular complexity index is 790. The van der Waals surface area contributed by atoms with E-state index in [9.17, 15) is 9.59 Å². The molecule has 2 rings (SSSR count). The molecule has 1 unspecified atom stereocenters. The predicted octanol–water partition coefficient (Wildman–Crippen LogP) is 2.70. The molecule has 0 aliphatic heterocycles. The molecule has 0 spiro atoms. The van der Waals surface area contributed by atoms with Crippen molar-refractivity contribution in [1.82, 2.24) is 10.6 Å². The topological polar surface area (TPSA) is 76.7 Å². The number of amides is 2. The molecule has 2 N–H and O–H groups in total. The Morgan fingerprint density at radius 3 is 2.29 bits per heavy atom. The normalized spacial score (nSPS) is 11.6. The Labute approximate surface area is 166 Å². The van der Waals surface area contributed by atoms with Crippen LogP contribution in [0.25, 0.3) is 0 Å². The number of benzene rings is 2. The zero-order valence-corrected chi connectivity index (χ0v) is 16.8. The van der Waals surface area contributed by atoms with Gasteiger partial charge in [-0.15, -0.1) is 0 Å². The van der Waals surface area contributed by atoms with Crippen LogP contribution in [-0.2, 0) is 22.6 Å². The number of rotatable bonds is 9. The molecular weight excluding hydrogens is 356 g/mol. The lowest BCUT2D eigenvalue weighted by Crippen LogP contribution is -2.49. The summed E-state index contributed by atoms with van der Waals surface area (Å²) in [6.45, 7) is 4.08. The van der Waals surface area contributed by atoms with Crippen molar-refractivity contribution in [3.63, 3.8) is 0 Å². The Balaban J connectivity index is 2.00. The molecule has 0 aliphatic carbocycles. The molecule has 2 aromatic rings. The largest absolute Gasteiger partial charge is 0.493 e. The molecule has 0 fully saturated rings. The van der Waals surface area contributed by atoms with Crippen molar-refractivity contribution in [2.45, 2.75) is 32.9 Å². The Kier molecular flexibility index (Phi) is 7.87. The van der Waals surface area contributed by atoms with E-state index in [0.29, 0.717) is 11.5 Å². The summed E-state index contributed by atoms with van der Waals surface area (Å²) in [5.74, 6) is 0.720. The lowest BCUT2D eigenvalue weighted by molar-refractivity contribution is -0.129. The summed E-state index contributed by atoms with van der Waals surface area (Å²) >= 11 is 0. The van der Waals surface area contributed by atoms with Crippen LogP contribution in [0.3, 0.4) is 0 Å². The zero-order chi connectivity index (χ0) is 20.5. The van der Waals surface area contributed by atoms with Crippen LogP contribution in [0.2, 0.25) is 0 Å². The first kappa shape index (κ1) is 21.3. The molecule has 6 heteroatoms. The van der Waals surface area contributed by atoms with Crippen LogP contribution in [0.15, 0.2) is 48.5 Å². The number of methoxy groups -OCH3 is 2. The molecule has 0 aliphatic rings. The van der Waals surface area contributed by atoms with Gasteiger partial charge in [0.05, 0.1) is 20.6 Å². The van der Waals surface area contributed by atoms with Crippen LogP contribution < -0.4 is 20.1 Å². The van der Waals surface area contributed by atoms with Crippen molar-refractivity contribution >= 4 is 11.8 Å². The maximum absolute atomic E-state index is 12.7. The van der Waals surface area contributed by atoms with Gasteiger partial charge in [0.1, 0.15) is 6.04 Å². The second-order valence-electron chi connectivity index (χ2n) is 6.82. The molecule has 0 aromatic heterocycles. The van der Waals surface area contributed by atoms with E-state index in [-0.39, 0.29) is 30.7 Å². The van der Waals surface area contributed by atoms with E-state index >= 15 is 0 Å². The summed E-state index contributed by atoms with van der Waals surface area (Å²) in [5.41, 5.74) is 1.71. The highest BCUT2D eigenvalue weighted by molar-refractivity contribution is 5.88. The fourth-order valence-electron chi connectivity index (χ4n) is 2.93. The van der Waals surface area contributed by atoms with Crippen molar-refractivity contribution in [3.8, 4) is 11.5 Å². The molecule has 0 heterocycles. The summed E-state index contributed by atoms with van der Waals surface area (Å²) in [6, 6.07) is 14.3. The molecule has 0 saturated carbocycles. The fraction of sp³-hybridized carbons (Fsp3) is 0.364. The Hall–Kier alpha value is -3.02. The fourth-order valence-corrected chi connectivity index (χ4v) is 2.93. The van der Waals surface area contributed by atoms with Gasteiger partial charge >= 0.3 is 0 Å². The minimum atomic E-state index is -0.618. The molecule has 28 heavy (non-hydrogen) atoms. The standard InChI is InChI=1S/C22H28N2O4/c1-15(2)20(24-19(25)13-16-9-6-5-7-10-16)22(26)23-14-17-11-8-12-18(27-3)21(17)28-4/h5-12,15,20H,13-14H2,1-4H3,(H,23,26)(H,24,25). The highest BCUT2D eigenvalue weighted by Crippen LogP contribution is 2.30. The van der Waals surface area contributed by atoms with E-state index in [2.05, 4.69) is 10.6 Å². The molecule has 0 bridgehead atoms. The monoisotopic (exact) mass is 384 g/mol. The highest BCUT2D eigenvalue weighted by atomic mass is 16.5. The van der Waals surface area contributed by atoms with Crippen molar-refractivity contribution in [1.29, 1.82) is 0 Å². The summed E-state index contributed by atoms with van der Waals surface area (Å²) in [5, 5.41) is 5.73. The number of carbonyl (C=O) groups is 2. The van der Waals surface area contributed by atoms with Crippen molar-refractivity contribution < 1.29 is 19.1 Å². The second kappa shape index (κ2) is 10.3. The van der Waals surface area contributed by atoms with Gasteiger partial charge in [-0.1, -0.05) is 56.3 Å². The molecule has 0 saturated heterocycles. The number of hydrogen-bond acceptors (Lipinski definition) is 4. The van der Waals surface area contributed by atoms with E-state index in [1.165, 1.54) is 0 Å². The number of nitrogens with one attached hydrogen (secondary N) is 2. The maximum Gasteiger partial charge on any atom is 0.243 e. The van der Waals surface area contributed by atoms with Gasteiger partial charge < -0.3 is 20.1 Å². The molecule has 2 aromatic carbocycles. The lowest BCUT2D eigenvalue weighted by Gasteiger charge is -2.22. The van der Waals surface area contributed by atoms with E-state index in [1.807, 2.05) is 56.3 Å². The van der Waals surface area contributed by atoms with Gasteiger partial charge in [-0.2, -0.15) is 0 Å². The van der Waals surface area contributed by atoms with Crippen LogP contribution in [0.4, 0.5) is 0 Å². The highest BCUT2D eigenvalue weighted by Gasteiger charge is 2.24. The van der Waals surface area contributed by atoms with Crippen LogP contribution in [0, 0.1) is 5.92 Å². The molecule has 150 valence electrons. The number of hydrogen-bond donors (Lipinski definition) is 2. The van der Waals surface area contributed by atoms with E-state index in [0.717, 1.165) is 11.1 Å².